The minimum atomic E-state index is -2.50. The summed E-state index contributed by atoms with van der Waals surface area (Å²) in [6, 6.07) is 41.7. The van der Waals surface area contributed by atoms with Gasteiger partial charge in [0.1, 0.15) is 94.2 Å². The molecule has 0 unspecified atom stereocenters. The molecule has 0 amide bonds. The first-order valence-corrected chi connectivity index (χ1v) is 24.6. The SMILES string of the molecule is [B]c1c([B])c([B])c(-c2cc(-c3c([B])c([B])c4c(c3[B])C(C([B])([B])[B])(C([B])([B])[B])c3c([B])c([B])c([B])c([B])c3-4)c(-c3ccc4ccc5cccc6ccc3c4c56)cc2-c2ccc3ccc4cccc5ccc2c3c45)c([B])c1[B]. The highest BCUT2D eigenvalue weighted by atomic mass is 14.5. The summed E-state index contributed by atoms with van der Waals surface area (Å²) in [7, 11) is 125. The lowest BCUT2D eigenvalue weighted by Gasteiger charge is -2.57. The fourth-order valence-electron chi connectivity index (χ4n) is 13.1. The standard InChI is InChI=1S/C59H20B18/c60-45-39(46(61)49(64)41-42-44(51(66)55(70)54(69)50(42)65)57(43(41)45,58(72,73)74)59(75,76)77)33-20-34(40-47(62)52(67)56(71)53(68)48(40)63)32(28-16-12-26-10-8-22-4-2-6-24-14-18-30(28)38(26)36(22)24)19-31(33)27-15-11-25-9-7-21-3-1-5-23-13-17-29(27)37(25)35(21)23/h1-20H. The molecule has 1 aliphatic carbocycles. The molecule has 0 bridgehead atoms. The summed E-state index contributed by atoms with van der Waals surface area (Å²) < 4.78 is 0. The van der Waals surface area contributed by atoms with Crippen molar-refractivity contribution in [1.29, 1.82) is 0 Å². The maximum Gasteiger partial charge on any atom is 0.115 e. The molecular formula is C59H20B18. The molecule has 0 aliphatic heterocycles. The molecule has 0 saturated carbocycles. The summed E-state index contributed by atoms with van der Waals surface area (Å²) in [6.07, 6.45) is 0. The van der Waals surface area contributed by atoms with Crippen LogP contribution in [0.15, 0.2) is 121 Å². The van der Waals surface area contributed by atoms with Gasteiger partial charge in [0.2, 0.25) is 0 Å². The molecule has 12 aromatic carbocycles. The lowest BCUT2D eigenvalue weighted by molar-refractivity contribution is 0.540. The average Bonchev–Trinajstić information content (AvgIpc) is 4.04. The van der Waals surface area contributed by atoms with Crippen molar-refractivity contribution in [2.24, 2.45) is 0 Å². The van der Waals surface area contributed by atoms with E-state index in [4.69, 9.17) is 141 Å². The molecule has 12 aromatic rings. The van der Waals surface area contributed by atoms with Gasteiger partial charge in [0.25, 0.3) is 0 Å². The minimum absolute atomic E-state index is 0.0248. The van der Waals surface area contributed by atoms with Gasteiger partial charge in [-0.25, -0.2) is 0 Å². The van der Waals surface area contributed by atoms with E-state index in [9.17, 15) is 0 Å². The molecule has 0 atom stereocenters. The summed E-state index contributed by atoms with van der Waals surface area (Å²) in [4.78, 5) is 0. The quantitative estimate of drug-likeness (QED) is 0.150. The molecule has 77 heavy (non-hydrogen) atoms. The van der Waals surface area contributed by atoms with E-state index in [2.05, 4.69) is 103 Å². The van der Waals surface area contributed by atoms with Crippen LogP contribution in [0.3, 0.4) is 0 Å². The predicted octanol–water partition coefficient (Wildman–Crippen LogP) is -0.900. The molecule has 0 spiro atoms. The predicted molar refractivity (Wildman–Crippen MR) is 346 cm³/mol. The molecule has 0 heterocycles. The van der Waals surface area contributed by atoms with Crippen molar-refractivity contribution in [2.75, 3.05) is 0 Å². The molecule has 13 rings (SSSR count). The van der Waals surface area contributed by atoms with Crippen LogP contribution in [-0.2, 0) is 5.41 Å². The van der Waals surface area contributed by atoms with Crippen molar-refractivity contribution >= 4 is 271 Å². The molecule has 0 saturated heterocycles. The first-order chi connectivity index (χ1) is 36.5. The van der Waals surface area contributed by atoms with E-state index >= 15 is 0 Å². The van der Waals surface area contributed by atoms with Crippen molar-refractivity contribution in [3.05, 3.63) is 132 Å². The van der Waals surface area contributed by atoms with Crippen molar-refractivity contribution in [1.82, 2.24) is 0 Å². The molecule has 18 heteroatoms. The summed E-state index contributed by atoms with van der Waals surface area (Å²) in [5, 5.41) is 7.42. The lowest BCUT2D eigenvalue weighted by Crippen LogP contribution is -2.59. The number of fused-ring (bicyclic) bond motifs is 3. The van der Waals surface area contributed by atoms with Crippen LogP contribution >= 0.6 is 0 Å². The van der Waals surface area contributed by atoms with Crippen LogP contribution in [-0.4, -0.2) is 141 Å². The Morgan fingerprint density at radius 2 is 0.532 bits per heavy atom. The molecule has 0 fully saturated rings. The average molecular weight is 923 g/mol. The topological polar surface area (TPSA) is 0 Å². The second-order valence-electron chi connectivity index (χ2n) is 20.7. The van der Waals surface area contributed by atoms with Crippen molar-refractivity contribution in [2.45, 2.75) is 15.6 Å². The van der Waals surface area contributed by atoms with Gasteiger partial charge in [0, 0.05) is 0 Å². The van der Waals surface area contributed by atoms with E-state index in [1.54, 1.807) is 0 Å². The lowest BCUT2D eigenvalue weighted by atomic mass is 9.17. The van der Waals surface area contributed by atoms with Gasteiger partial charge in [-0.2, -0.15) is 0 Å². The van der Waals surface area contributed by atoms with E-state index in [1.165, 1.54) is 0 Å². The summed E-state index contributed by atoms with van der Waals surface area (Å²) in [6.45, 7) is 0. The molecule has 36 radical (unpaired) electrons. The zero-order valence-corrected chi connectivity index (χ0v) is 41.4. The number of rotatable bonds is 6. The monoisotopic (exact) mass is 926 g/mol. The van der Waals surface area contributed by atoms with Gasteiger partial charge in [-0.1, -0.05) is 147 Å². The van der Waals surface area contributed by atoms with Gasteiger partial charge in [-0.3, -0.25) is 0 Å². The second-order valence-corrected chi connectivity index (χ2v) is 20.7. The Labute approximate surface area is 472 Å². The zero-order chi connectivity index (χ0) is 54.4. The van der Waals surface area contributed by atoms with Crippen molar-refractivity contribution < 1.29 is 0 Å². The Balaban J connectivity index is 1.26. The molecule has 0 nitrogen and oxygen atoms in total. The van der Waals surface area contributed by atoms with Gasteiger partial charge < -0.3 is 0 Å². The van der Waals surface area contributed by atoms with Crippen LogP contribution in [0.2, 0.25) is 10.2 Å². The van der Waals surface area contributed by atoms with Gasteiger partial charge in [-0.05, 0) is 149 Å². The Morgan fingerprint density at radius 1 is 0.247 bits per heavy atom. The highest BCUT2D eigenvalue weighted by Gasteiger charge is 2.57. The Hall–Kier alpha value is -6.11. The van der Waals surface area contributed by atoms with Crippen LogP contribution in [0, 0.1) is 0 Å². The Bertz CT molecular complexity index is 4550. The molecule has 0 aromatic heterocycles. The first kappa shape index (κ1) is 50.4. The van der Waals surface area contributed by atoms with Crippen molar-refractivity contribution in [3.8, 4) is 55.6 Å². The highest BCUT2D eigenvalue weighted by Crippen LogP contribution is 2.63. The number of hydrogen-bond donors (Lipinski definition) is 0. The van der Waals surface area contributed by atoms with E-state index in [1.807, 2.05) is 18.2 Å². The molecular weight excluding hydrogens is 903 g/mol. The first-order valence-electron chi connectivity index (χ1n) is 24.6. The van der Waals surface area contributed by atoms with Crippen LogP contribution < -0.4 is 65.6 Å². The largest absolute Gasteiger partial charge is 0.119 e. The van der Waals surface area contributed by atoms with E-state index in [-0.39, 0.29) is 98.9 Å². The normalized spacial score (nSPS) is 13.5. The molecule has 0 N–H and O–H groups in total. The van der Waals surface area contributed by atoms with Crippen LogP contribution in [0.25, 0.3) is 120 Å². The van der Waals surface area contributed by atoms with Gasteiger partial charge in [0.05, 0.1) is 47.1 Å². The van der Waals surface area contributed by atoms with Crippen LogP contribution in [0.4, 0.5) is 0 Å². The maximum atomic E-state index is 7.74. The molecule has 1 aliphatic rings. The van der Waals surface area contributed by atoms with Crippen molar-refractivity contribution in [3.63, 3.8) is 0 Å². The number of benzene rings is 12. The third-order valence-corrected chi connectivity index (χ3v) is 16.6. The third-order valence-electron chi connectivity index (χ3n) is 16.6. The Kier molecular flexibility index (Phi) is 11.1. The van der Waals surface area contributed by atoms with Gasteiger partial charge >= 0.3 is 0 Å². The van der Waals surface area contributed by atoms with E-state index < -0.39 is 15.6 Å². The minimum Gasteiger partial charge on any atom is -0.119 e. The van der Waals surface area contributed by atoms with E-state index in [0.717, 1.165) is 75.8 Å². The highest BCUT2D eigenvalue weighted by molar-refractivity contribution is 6.71. The van der Waals surface area contributed by atoms with E-state index in [0.29, 0.717) is 22.3 Å². The summed E-state index contributed by atoms with van der Waals surface area (Å²) in [5.74, 6) is 0. The summed E-state index contributed by atoms with van der Waals surface area (Å²) >= 11 is 0. The Morgan fingerprint density at radius 3 is 0.948 bits per heavy atom. The third kappa shape index (κ3) is 6.54. The smallest absolute Gasteiger partial charge is 0.115 e. The maximum absolute atomic E-state index is 7.74. The molecule has 310 valence electrons. The fourth-order valence-corrected chi connectivity index (χ4v) is 13.1. The van der Waals surface area contributed by atoms with Gasteiger partial charge in [0.15, 0.2) is 0 Å². The fraction of sp³-hybridized carbons (Fsp3) is 0.0508. The van der Waals surface area contributed by atoms with Gasteiger partial charge in [-0.15, -0.1) is 37.5 Å². The second kappa shape index (κ2) is 16.9. The summed E-state index contributed by atoms with van der Waals surface area (Å²) in [5.41, 5.74) is 1.47. The van der Waals surface area contributed by atoms with Crippen LogP contribution in [0.1, 0.15) is 11.1 Å². The zero-order valence-electron chi connectivity index (χ0n) is 41.4. The number of hydrogen-bond acceptors (Lipinski definition) is 0. The van der Waals surface area contributed by atoms with Crippen LogP contribution in [0.5, 0.6) is 0 Å².